The van der Waals surface area contributed by atoms with Crippen LogP contribution in [0.15, 0.2) is 42.5 Å². The minimum Gasteiger partial charge on any atom is -0.748 e. The zero-order valence-electron chi connectivity index (χ0n) is 24.4. The summed E-state index contributed by atoms with van der Waals surface area (Å²) in [6.07, 6.45) is 2.30. The molecular weight excluding hydrogens is 640 g/mol. The molecule has 2 N–H and O–H groups in total. The van der Waals surface area contributed by atoms with Gasteiger partial charge in [0.2, 0.25) is 5.36 Å². The first-order valence-electron chi connectivity index (χ1n) is 14.6. The van der Waals surface area contributed by atoms with E-state index in [4.69, 9.17) is 4.74 Å². The fraction of sp³-hybridized carbons (Fsp3) is 0.323. The summed E-state index contributed by atoms with van der Waals surface area (Å²) >= 11 is 0. The molecule has 0 radical (unpaired) electrons. The number of carboxylic acid groups (broad SMARTS) is 2. The molecule has 13 nitrogen and oxygen atoms in total. The van der Waals surface area contributed by atoms with E-state index < -0.39 is 43.7 Å². The van der Waals surface area contributed by atoms with Gasteiger partial charge in [0.25, 0.3) is 0 Å². The van der Waals surface area contributed by atoms with Crippen molar-refractivity contribution in [3.05, 3.63) is 86.4 Å². The monoisotopic (exact) mass is 669 g/mol. The summed E-state index contributed by atoms with van der Waals surface area (Å²) in [6.45, 7) is 0.958. The van der Waals surface area contributed by atoms with Crippen molar-refractivity contribution in [3.63, 3.8) is 0 Å². The number of ether oxygens (including phenoxy) is 1. The third-order valence-electron chi connectivity index (χ3n) is 8.59. The van der Waals surface area contributed by atoms with Gasteiger partial charge in [0.15, 0.2) is 6.54 Å². The topological polar surface area (TPSA) is 204 Å². The second-order valence-corrected chi connectivity index (χ2v) is 14.5. The average molecular weight is 670 g/mol. The first kappa shape index (κ1) is 31.7. The summed E-state index contributed by atoms with van der Waals surface area (Å²) in [5, 5.41) is 21.1. The van der Waals surface area contributed by atoms with Crippen LogP contribution in [0.5, 0.6) is 11.5 Å². The molecule has 6 rings (SSSR count). The van der Waals surface area contributed by atoms with Gasteiger partial charge in [0.1, 0.15) is 28.2 Å². The van der Waals surface area contributed by atoms with Crippen molar-refractivity contribution >= 4 is 43.4 Å². The first-order valence-corrected chi connectivity index (χ1v) is 17.7. The molecule has 0 bridgehead atoms. The van der Waals surface area contributed by atoms with Gasteiger partial charge in [-0.3, -0.25) is 0 Å². The second-order valence-electron chi connectivity index (χ2n) is 11.4. The molecule has 0 spiro atoms. The highest BCUT2D eigenvalue weighted by Gasteiger charge is 2.33. The number of aromatic carboxylic acids is 2. The zero-order valence-corrected chi connectivity index (χ0v) is 26.0. The Morgan fingerprint density at radius 3 is 2.28 bits per heavy atom. The lowest BCUT2D eigenvalue weighted by Gasteiger charge is -2.35. The largest absolute Gasteiger partial charge is 0.748 e. The lowest BCUT2D eigenvalue weighted by molar-refractivity contribution is 0.0681. The number of hydrogen-bond donors (Lipinski definition) is 2. The standard InChI is InChI=1S/C31H30N2O11S2/c34-30(35)18-5-6-19(31(36)37)24(17-18)27-22-7-9-25-20(3-1-11-32(25)13-15-45(38,39)40)28(22)44-29-21-4-2-12-33(14-16-46(41,42)43)26(21)10-8-23(27)29/h5-10,17H,1-4,11-16H2,(H3-,34,35,36,37,38,39,40,41,42,43)/p-1. The van der Waals surface area contributed by atoms with E-state index in [2.05, 4.69) is 0 Å². The summed E-state index contributed by atoms with van der Waals surface area (Å²) in [5.74, 6) is -2.87. The summed E-state index contributed by atoms with van der Waals surface area (Å²) in [4.78, 5) is 26.3. The van der Waals surface area contributed by atoms with Crippen LogP contribution in [-0.2, 0) is 33.1 Å². The molecule has 0 saturated carbocycles. The van der Waals surface area contributed by atoms with Crippen LogP contribution in [0.3, 0.4) is 0 Å². The van der Waals surface area contributed by atoms with E-state index in [9.17, 15) is 45.7 Å². The molecule has 0 atom stereocenters. The van der Waals surface area contributed by atoms with Crippen LogP contribution in [0.4, 0.5) is 5.69 Å². The number of carbonyl (C=O) groups is 2. The molecule has 15 heteroatoms. The van der Waals surface area contributed by atoms with Crippen molar-refractivity contribution in [2.24, 2.45) is 0 Å². The van der Waals surface area contributed by atoms with E-state index in [-0.39, 0.29) is 29.8 Å². The fourth-order valence-electron chi connectivity index (χ4n) is 6.59. The molecule has 0 unspecified atom stereocenters. The molecule has 242 valence electrons. The van der Waals surface area contributed by atoms with Crippen LogP contribution >= 0.6 is 0 Å². The summed E-state index contributed by atoms with van der Waals surface area (Å²) in [7, 11) is -8.95. The normalized spacial score (nSPS) is 15.7. The van der Waals surface area contributed by atoms with Gasteiger partial charge >= 0.3 is 11.9 Å². The van der Waals surface area contributed by atoms with Gasteiger partial charge in [-0.25, -0.2) is 31.0 Å². The van der Waals surface area contributed by atoms with Gasteiger partial charge in [0.05, 0.1) is 38.3 Å². The van der Waals surface area contributed by atoms with E-state index in [0.29, 0.717) is 77.7 Å². The van der Waals surface area contributed by atoms with Crippen LogP contribution in [0.1, 0.15) is 55.8 Å². The molecule has 0 aromatic heterocycles. The Balaban J connectivity index is 1.65. The Kier molecular flexibility index (Phi) is 8.13. The highest BCUT2D eigenvalue weighted by Crippen LogP contribution is 2.45. The smallest absolute Gasteiger partial charge is 0.336 e. The van der Waals surface area contributed by atoms with Crippen molar-refractivity contribution < 1.29 is 50.5 Å². The number of fused-ring (bicyclic) bond motifs is 6. The number of carboxylic acids is 2. The number of benzene rings is 3. The summed E-state index contributed by atoms with van der Waals surface area (Å²) in [6, 6.07) is 10.8. The highest BCUT2D eigenvalue weighted by molar-refractivity contribution is 7.85. The SMILES string of the molecule is O=C(O)c1ccc(C(=O)O)c(C2=c3ccc4c(c3Oc3c2ccc2c3CCCN2CCS(=O)(=O)[O-])CCC[N+]=4CCS(=O)(=O)[O-])c1. The lowest BCUT2D eigenvalue weighted by Crippen LogP contribution is -2.41. The number of nitrogens with zero attached hydrogens (tertiary/aromatic N) is 2. The number of anilines is 1. The molecule has 0 fully saturated rings. The molecule has 3 aliphatic rings. The van der Waals surface area contributed by atoms with Crippen molar-refractivity contribution in [1.82, 2.24) is 4.58 Å². The van der Waals surface area contributed by atoms with Crippen LogP contribution < -0.4 is 24.8 Å². The molecule has 0 saturated heterocycles. The summed E-state index contributed by atoms with van der Waals surface area (Å²) < 4.78 is 77.1. The Hall–Kier alpha value is -4.31. The molecule has 0 amide bonds. The highest BCUT2D eigenvalue weighted by atomic mass is 32.2. The van der Waals surface area contributed by atoms with E-state index in [1.54, 1.807) is 33.7 Å². The first-order chi connectivity index (χ1) is 21.7. The third kappa shape index (κ3) is 6.10. The zero-order chi connectivity index (χ0) is 33.0. The van der Waals surface area contributed by atoms with Gasteiger partial charge in [-0.15, -0.1) is 0 Å². The van der Waals surface area contributed by atoms with Crippen LogP contribution in [0.2, 0.25) is 0 Å². The van der Waals surface area contributed by atoms with Gasteiger partial charge < -0.3 is 29.0 Å². The van der Waals surface area contributed by atoms with Gasteiger partial charge in [0, 0.05) is 53.2 Å². The fourth-order valence-corrected chi connectivity index (χ4v) is 7.48. The molecule has 3 heterocycles. The maximum atomic E-state index is 12.5. The Morgan fingerprint density at radius 1 is 0.848 bits per heavy atom. The molecule has 0 aliphatic carbocycles. The average Bonchev–Trinajstić information content (AvgIpc) is 3.00. The maximum Gasteiger partial charge on any atom is 0.336 e. The van der Waals surface area contributed by atoms with Crippen LogP contribution in [-0.4, -0.2) is 85.8 Å². The van der Waals surface area contributed by atoms with Crippen LogP contribution in [0, 0.1) is 0 Å². The van der Waals surface area contributed by atoms with Gasteiger partial charge in [-0.05, 0) is 61.2 Å². The lowest BCUT2D eigenvalue weighted by atomic mass is 9.85. The van der Waals surface area contributed by atoms with Crippen molar-refractivity contribution in [3.8, 4) is 11.5 Å². The maximum absolute atomic E-state index is 12.5. The van der Waals surface area contributed by atoms with E-state index >= 15 is 0 Å². The minimum absolute atomic E-state index is 0.0262. The van der Waals surface area contributed by atoms with E-state index in [1.165, 1.54) is 18.2 Å². The summed E-state index contributed by atoms with van der Waals surface area (Å²) in [5.41, 5.74) is 2.98. The predicted octanol–water partition coefficient (Wildman–Crippen LogP) is 0.716. The Labute approximate surface area is 264 Å². The second kappa shape index (κ2) is 11.8. The van der Waals surface area contributed by atoms with Gasteiger partial charge in [-0.2, -0.15) is 0 Å². The molecule has 3 aromatic carbocycles. The molecule has 3 aliphatic heterocycles. The van der Waals surface area contributed by atoms with Gasteiger partial charge in [-0.1, -0.05) is 0 Å². The van der Waals surface area contributed by atoms with Crippen molar-refractivity contribution in [1.29, 1.82) is 0 Å². The van der Waals surface area contributed by atoms with E-state index in [0.717, 1.165) is 11.1 Å². The molecular formula is C31H29N2O11S2-. The van der Waals surface area contributed by atoms with Crippen molar-refractivity contribution in [2.75, 3.05) is 42.6 Å². The predicted molar refractivity (Wildman–Crippen MR) is 163 cm³/mol. The van der Waals surface area contributed by atoms with Crippen molar-refractivity contribution in [2.45, 2.75) is 25.7 Å². The minimum atomic E-state index is -4.47. The molecule has 46 heavy (non-hydrogen) atoms. The number of rotatable bonds is 9. The molecule has 3 aromatic rings. The number of hydrogen-bond acceptors (Lipinski definition) is 10. The van der Waals surface area contributed by atoms with Crippen LogP contribution in [0.25, 0.3) is 5.57 Å². The quantitative estimate of drug-likeness (QED) is 0.187. The van der Waals surface area contributed by atoms with E-state index in [1.807, 2.05) is 0 Å². The Bertz CT molecular complexity index is 2160. The Morgan fingerprint density at radius 2 is 1.59 bits per heavy atom. The third-order valence-corrected chi connectivity index (χ3v) is 9.96.